The zero-order valence-electron chi connectivity index (χ0n) is 4.57. The number of hydrogen-bond donors (Lipinski definition) is 3. The minimum atomic E-state index is -0.904. The van der Waals surface area contributed by atoms with E-state index in [0.29, 0.717) is 5.75 Å². The van der Waals surface area contributed by atoms with E-state index in [1.807, 2.05) is 0 Å². The Morgan fingerprint density at radius 1 is 1.78 bits per heavy atom. The lowest BCUT2D eigenvalue weighted by Gasteiger charge is -2.01. The van der Waals surface area contributed by atoms with E-state index in [2.05, 4.69) is 5.32 Å². The van der Waals surface area contributed by atoms with Crippen molar-refractivity contribution in [3.63, 3.8) is 0 Å². The number of nitrogens with one attached hydrogen (secondary N) is 1. The predicted octanol–water partition coefficient (Wildman–Crippen LogP) is -0.948. The maximum atomic E-state index is 10.2. The van der Waals surface area contributed by atoms with Crippen molar-refractivity contribution in [1.82, 2.24) is 5.32 Å². The first-order valence-corrected chi connectivity index (χ1v) is 3.53. The van der Waals surface area contributed by atoms with E-state index in [1.165, 1.54) is 11.8 Å². The van der Waals surface area contributed by atoms with E-state index in [4.69, 9.17) is 10.2 Å². The summed E-state index contributed by atoms with van der Waals surface area (Å²) in [4.78, 5) is 10.2. The van der Waals surface area contributed by atoms with Crippen molar-refractivity contribution in [2.45, 2.75) is 11.6 Å². The summed E-state index contributed by atoms with van der Waals surface area (Å²) in [6.07, 6.45) is 0. The van der Waals surface area contributed by atoms with E-state index < -0.39 is 17.6 Å². The molecule has 1 heterocycles. The van der Waals surface area contributed by atoms with E-state index in [1.54, 1.807) is 0 Å². The summed E-state index contributed by atoms with van der Waals surface area (Å²) >= 11 is 1.20. The Morgan fingerprint density at radius 2 is 2.44 bits per heavy atom. The average molecular weight is 149 g/mol. The second kappa shape index (κ2) is 2.55. The number of carbonyl (C=O) groups is 1. The van der Waals surface area contributed by atoms with Gasteiger partial charge in [0, 0.05) is 5.75 Å². The van der Waals surface area contributed by atoms with Gasteiger partial charge in [-0.05, 0) is 0 Å². The highest BCUT2D eigenvalue weighted by Gasteiger charge is 2.27. The standard InChI is InChI=1S/C4H7NO3S/c6-3(7)2-1-9-4(8)5-2/h2,4-5,8H,1H2,(H,6,7)/t2?,4-/m0/s1. The van der Waals surface area contributed by atoms with Crippen LogP contribution < -0.4 is 5.32 Å². The summed E-state index contributed by atoms with van der Waals surface area (Å²) in [5, 5.41) is 19.6. The highest BCUT2D eigenvalue weighted by Crippen LogP contribution is 2.15. The molecule has 1 unspecified atom stereocenters. The maximum Gasteiger partial charge on any atom is 0.321 e. The lowest BCUT2D eigenvalue weighted by atomic mass is 10.4. The third-order valence-electron chi connectivity index (χ3n) is 1.06. The van der Waals surface area contributed by atoms with E-state index in [0.717, 1.165) is 0 Å². The number of aliphatic hydroxyl groups is 1. The molecule has 0 bridgehead atoms. The molecule has 2 atom stereocenters. The third-order valence-corrected chi connectivity index (χ3v) is 2.04. The number of aliphatic carboxylic acids is 1. The summed E-state index contributed by atoms with van der Waals surface area (Å²) in [7, 11) is 0. The number of carboxylic acids is 1. The van der Waals surface area contributed by atoms with Gasteiger partial charge >= 0.3 is 5.97 Å². The smallest absolute Gasteiger partial charge is 0.321 e. The van der Waals surface area contributed by atoms with Crippen LogP contribution in [0.25, 0.3) is 0 Å². The first-order chi connectivity index (χ1) is 4.20. The SMILES string of the molecule is O=C(O)C1CS[C@H](O)N1. The summed E-state index contributed by atoms with van der Waals surface area (Å²) in [5.41, 5.74) is -0.703. The van der Waals surface area contributed by atoms with Gasteiger partial charge in [0.15, 0.2) is 5.56 Å². The fourth-order valence-electron chi connectivity index (χ4n) is 0.598. The van der Waals surface area contributed by atoms with Crippen LogP contribution in [0.3, 0.4) is 0 Å². The van der Waals surface area contributed by atoms with Crippen molar-refractivity contribution in [3.05, 3.63) is 0 Å². The summed E-state index contributed by atoms with van der Waals surface area (Å²) in [6, 6.07) is -0.579. The summed E-state index contributed by atoms with van der Waals surface area (Å²) in [5.74, 6) is -0.463. The Morgan fingerprint density at radius 3 is 2.67 bits per heavy atom. The lowest BCUT2D eigenvalue weighted by molar-refractivity contribution is -0.139. The van der Waals surface area contributed by atoms with Crippen LogP contribution in [0.15, 0.2) is 0 Å². The average Bonchev–Trinajstić information content (AvgIpc) is 2.14. The minimum Gasteiger partial charge on any atom is -0.480 e. The maximum absolute atomic E-state index is 10.2. The normalized spacial score (nSPS) is 34.8. The molecule has 1 rings (SSSR count). The molecule has 0 aliphatic carbocycles. The molecule has 1 fully saturated rings. The molecule has 3 N–H and O–H groups in total. The zero-order chi connectivity index (χ0) is 6.85. The number of hydrogen-bond acceptors (Lipinski definition) is 4. The second-order valence-electron chi connectivity index (χ2n) is 1.74. The van der Waals surface area contributed by atoms with Crippen LogP contribution in [-0.4, -0.2) is 33.5 Å². The van der Waals surface area contributed by atoms with Gasteiger partial charge in [-0.3, -0.25) is 10.1 Å². The Hall–Kier alpha value is -0.260. The van der Waals surface area contributed by atoms with Crippen molar-refractivity contribution in [3.8, 4) is 0 Å². The number of rotatable bonds is 1. The molecule has 0 aromatic heterocycles. The molecule has 1 aliphatic heterocycles. The van der Waals surface area contributed by atoms with E-state index in [9.17, 15) is 4.79 Å². The van der Waals surface area contributed by atoms with E-state index in [-0.39, 0.29) is 0 Å². The molecule has 1 aliphatic rings. The fourth-order valence-corrected chi connectivity index (χ4v) is 1.47. The highest BCUT2D eigenvalue weighted by atomic mass is 32.2. The van der Waals surface area contributed by atoms with Gasteiger partial charge < -0.3 is 10.2 Å². The van der Waals surface area contributed by atoms with Gasteiger partial charge in [-0.15, -0.1) is 11.8 Å². The monoisotopic (exact) mass is 149 g/mol. The lowest BCUT2D eigenvalue weighted by Crippen LogP contribution is -2.36. The first-order valence-electron chi connectivity index (χ1n) is 2.48. The molecule has 52 valence electrons. The molecule has 0 aromatic carbocycles. The number of aliphatic hydroxyl groups excluding tert-OH is 1. The van der Waals surface area contributed by atoms with Gasteiger partial charge in [0.1, 0.15) is 6.04 Å². The first kappa shape index (κ1) is 6.85. The minimum absolute atomic E-state index is 0.441. The van der Waals surface area contributed by atoms with E-state index >= 15 is 0 Å². The van der Waals surface area contributed by atoms with Gasteiger partial charge in [0.05, 0.1) is 0 Å². The second-order valence-corrected chi connectivity index (χ2v) is 2.86. The molecule has 0 amide bonds. The molecule has 0 saturated carbocycles. The van der Waals surface area contributed by atoms with Crippen molar-refractivity contribution in [2.24, 2.45) is 0 Å². The molecular formula is C4H7NO3S. The number of thioether (sulfide) groups is 1. The Labute approximate surface area is 56.3 Å². The molecule has 0 radical (unpaired) electrons. The van der Waals surface area contributed by atoms with Crippen LogP contribution in [0.4, 0.5) is 0 Å². The molecule has 0 spiro atoms. The van der Waals surface area contributed by atoms with Crippen LogP contribution in [0.2, 0.25) is 0 Å². The Balaban J connectivity index is 2.39. The molecule has 9 heavy (non-hydrogen) atoms. The Kier molecular flexibility index (Phi) is 1.94. The summed E-state index contributed by atoms with van der Waals surface area (Å²) < 4.78 is 0. The topological polar surface area (TPSA) is 69.6 Å². The largest absolute Gasteiger partial charge is 0.480 e. The quantitative estimate of drug-likeness (QED) is 0.448. The van der Waals surface area contributed by atoms with Crippen LogP contribution in [0, 0.1) is 0 Å². The van der Waals surface area contributed by atoms with Gasteiger partial charge in [-0.25, -0.2) is 0 Å². The van der Waals surface area contributed by atoms with Crippen molar-refractivity contribution < 1.29 is 15.0 Å². The van der Waals surface area contributed by atoms with Gasteiger partial charge in [0.2, 0.25) is 0 Å². The predicted molar refractivity (Wildman–Crippen MR) is 33.0 cm³/mol. The molecule has 4 nitrogen and oxygen atoms in total. The van der Waals surface area contributed by atoms with Crippen molar-refractivity contribution in [1.29, 1.82) is 0 Å². The van der Waals surface area contributed by atoms with Crippen molar-refractivity contribution >= 4 is 17.7 Å². The molecule has 5 heteroatoms. The van der Waals surface area contributed by atoms with Gasteiger partial charge in [-0.2, -0.15) is 0 Å². The number of carboxylic acid groups (broad SMARTS) is 1. The third kappa shape index (κ3) is 1.57. The zero-order valence-corrected chi connectivity index (χ0v) is 5.39. The van der Waals surface area contributed by atoms with Crippen LogP contribution in [0.5, 0.6) is 0 Å². The molecular weight excluding hydrogens is 142 g/mol. The van der Waals surface area contributed by atoms with Gasteiger partial charge in [-0.1, -0.05) is 0 Å². The fraction of sp³-hybridized carbons (Fsp3) is 0.750. The van der Waals surface area contributed by atoms with Crippen LogP contribution in [-0.2, 0) is 4.79 Å². The van der Waals surface area contributed by atoms with Crippen LogP contribution in [0.1, 0.15) is 0 Å². The van der Waals surface area contributed by atoms with Crippen molar-refractivity contribution in [2.75, 3.05) is 5.75 Å². The molecule has 0 aromatic rings. The van der Waals surface area contributed by atoms with Gasteiger partial charge in [0.25, 0.3) is 0 Å². The highest BCUT2D eigenvalue weighted by molar-refractivity contribution is 8.00. The summed E-state index contributed by atoms with van der Waals surface area (Å²) in [6.45, 7) is 0. The Bertz CT molecular complexity index is 129. The molecule has 1 saturated heterocycles. The van der Waals surface area contributed by atoms with Crippen LogP contribution >= 0.6 is 11.8 Å².